The fourth-order valence-corrected chi connectivity index (χ4v) is 3.58. The first kappa shape index (κ1) is 22.7. The molecule has 0 radical (unpaired) electrons. The highest BCUT2D eigenvalue weighted by atomic mass is 35.5. The molecule has 0 aliphatic rings. The van der Waals surface area contributed by atoms with Crippen molar-refractivity contribution in [3.8, 4) is 17.2 Å². The molecule has 1 heterocycles. The maximum atomic E-state index is 12.0. The first-order valence-electron chi connectivity index (χ1n) is 9.71. The lowest BCUT2D eigenvalue weighted by Crippen LogP contribution is -2.24. The Kier molecular flexibility index (Phi) is 7.60. The second-order valence-electron chi connectivity index (χ2n) is 6.75. The number of nitrogens with one attached hydrogen (secondary N) is 1. The number of ether oxygens (including phenoxy) is 2. The molecule has 162 valence electrons. The molecule has 2 aromatic carbocycles. The van der Waals surface area contributed by atoms with E-state index in [0.29, 0.717) is 22.4 Å². The zero-order valence-corrected chi connectivity index (χ0v) is 19.0. The number of hydrogen-bond donors (Lipinski definition) is 1. The highest BCUT2D eigenvalue weighted by Crippen LogP contribution is 2.27. The molecule has 0 saturated heterocycles. The summed E-state index contributed by atoms with van der Waals surface area (Å²) in [5.41, 5.74) is 6.43. The van der Waals surface area contributed by atoms with E-state index in [1.165, 1.54) is 0 Å². The molecule has 1 N–H and O–H groups in total. The van der Waals surface area contributed by atoms with Crippen LogP contribution in [0.15, 0.2) is 53.6 Å². The third-order valence-corrected chi connectivity index (χ3v) is 5.05. The molecule has 3 aromatic rings. The molecule has 0 fully saturated rings. The predicted molar refractivity (Wildman–Crippen MR) is 124 cm³/mol. The second kappa shape index (κ2) is 10.4. The molecular weight excluding hydrogens is 437 g/mol. The van der Waals surface area contributed by atoms with E-state index in [1.807, 2.05) is 51.1 Å². The summed E-state index contributed by atoms with van der Waals surface area (Å²) < 4.78 is 13.0. The first-order chi connectivity index (χ1) is 14.9. The van der Waals surface area contributed by atoms with Crippen LogP contribution in [0.4, 0.5) is 0 Å². The average Bonchev–Trinajstić information content (AvgIpc) is 3.01. The minimum Gasteiger partial charge on any atom is -0.494 e. The van der Waals surface area contributed by atoms with Crippen LogP contribution in [0.25, 0.3) is 5.69 Å². The molecule has 0 aliphatic carbocycles. The molecule has 1 aromatic heterocycles. The van der Waals surface area contributed by atoms with Gasteiger partial charge in [0.15, 0.2) is 6.61 Å². The van der Waals surface area contributed by atoms with Crippen LogP contribution >= 0.6 is 23.2 Å². The Morgan fingerprint density at radius 3 is 2.52 bits per heavy atom. The van der Waals surface area contributed by atoms with Gasteiger partial charge in [-0.05, 0) is 69.3 Å². The number of hydrogen-bond acceptors (Lipinski definition) is 4. The summed E-state index contributed by atoms with van der Waals surface area (Å²) in [4.78, 5) is 12.0. The fourth-order valence-electron chi connectivity index (χ4n) is 3.12. The predicted octanol–water partition coefficient (Wildman–Crippen LogP) is 5.33. The topological polar surface area (TPSA) is 64.8 Å². The third kappa shape index (κ3) is 5.81. The van der Waals surface area contributed by atoms with Crippen molar-refractivity contribution in [2.75, 3.05) is 13.2 Å². The monoisotopic (exact) mass is 459 g/mol. The minimum absolute atomic E-state index is 0.218. The van der Waals surface area contributed by atoms with Gasteiger partial charge in [-0.1, -0.05) is 23.2 Å². The smallest absolute Gasteiger partial charge is 0.277 e. The van der Waals surface area contributed by atoms with Gasteiger partial charge in [0.1, 0.15) is 11.5 Å². The number of hydrazone groups is 1. The van der Waals surface area contributed by atoms with Crippen LogP contribution in [0.3, 0.4) is 0 Å². The van der Waals surface area contributed by atoms with Gasteiger partial charge in [0, 0.05) is 27.7 Å². The van der Waals surface area contributed by atoms with Crippen LogP contribution in [0, 0.1) is 13.8 Å². The summed E-state index contributed by atoms with van der Waals surface area (Å²) >= 11 is 11.9. The summed E-state index contributed by atoms with van der Waals surface area (Å²) in [5, 5.41) is 4.88. The molecular formula is C23H23Cl2N3O3. The molecule has 0 atom stereocenters. The molecule has 0 spiro atoms. The Labute approximate surface area is 191 Å². The normalized spacial score (nSPS) is 11.0. The zero-order chi connectivity index (χ0) is 22.4. The average molecular weight is 460 g/mol. The van der Waals surface area contributed by atoms with E-state index in [2.05, 4.69) is 15.1 Å². The van der Waals surface area contributed by atoms with E-state index in [4.69, 9.17) is 32.7 Å². The Morgan fingerprint density at radius 1 is 1.10 bits per heavy atom. The van der Waals surface area contributed by atoms with E-state index in [9.17, 15) is 4.79 Å². The standard InChI is InChI=1S/C23H23Cl2N3O3/c1-4-30-20-8-6-19(7-9-20)28-15(2)11-17(16(28)3)13-26-27-23(29)14-31-22-10-5-18(24)12-21(22)25/h5-13H,4,14H2,1-3H3,(H,27,29). The molecule has 0 saturated carbocycles. The van der Waals surface area contributed by atoms with E-state index >= 15 is 0 Å². The highest BCUT2D eigenvalue weighted by molar-refractivity contribution is 6.35. The summed E-state index contributed by atoms with van der Waals surface area (Å²) in [6.07, 6.45) is 1.61. The van der Waals surface area contributed by atoms with Crippen molar-refractivity contribution in [1.82, 2.24) is 9.99 Å². The van der Waals surface area contributed by atoms with Crippen molar-refractivity contribution < 1.29 is 14.3 Å². The number of rotatable bonds is 8. The number of carbonyl (C=O) groups excluding carboxylic acids is 1. The van der Waals surface area contributed by atoms with Crippen molar-refractivity contribution in [3.05, 3.63) is 75.5 Å². The molecule has 3 rings (SSSR count). The van der Waals surface area contributed by atoms with Gasteiger partial charge in [0.25, 0.3) is 5.91 Å². The lowest BCUT2D eigenvalue weighted by atomic mass is 10.2. The summed E-state index contributed by atoms with van der Waals surface area (Å²) in [6, 6.07) is 14.7. The van der Waals surface area contributed by atoms with Gasteiger partial charge < -0.3 is 14.0 Å². The fraction of sp³-hybridized carbons (Fsp3) is 0.217. The summed E-state index contributed by atoms with van der Waals surface area (Å²) in [6.45, 7) is 6.38. The maximum absolute atomic E-state index is 12.0. The zero-order valence-electron chi connectivity index (χ0n) is 17.5. The van der Waals surface area contributed by atoms with Crippen LogP contribution in [0.1, 0.15) is 23.9 Å². The van der Waals surface area contributed by atoms with Crippen molar-refractivity contribution in [1.29, 1.82) is 0 Å². The van der Waals surface area contributed by atoms with Gasteiger partial charge in [0.05, 0.1) is 17.8 Å². The number of carbonyl (C=O) groups is 1. The number of aryl methyl sites for hydroxylation is 1. The Balaban J connectivity index is 1.62. The van der Waals surface area contributed by atoms with E-state index in [-0.39, 0.29) is 6.61 Å². The van der Waals surface area contributed by atoms with Gasteiger partial charge >= 0.3 is 0 Å². The maximum Gasteiger partial charge on any atom is 0.277 e. The molecule has 0 unspecified atom stereocenters. The highest BCUT2D eigenvalue weighted by Gasteiger charge is 2.10. The molecule has 8 heteroatoms. The van der Waals surface area contributed by atoms with E-state index in [1.54, 1.807) is 24.4 Å². The van der Waals surface area contributed by atoms with Crippen LogP contribution in [0.5, 0.6) is 11.5 Å². The number of amides is 1. The summed E-state index contributed by atoms with van der Waals surface area (Å²) in [5.74, 6) is 0.812. The Morgan fingerprint density at radius 2 is 1.84 bits per heavy atom. The molecule has 6 nitrogen and oxygen atoms in total. The molecule has 0 aliphatic heterocycles. The first-order valence-corrected chi connectivity index (χ1v) is 10.5. The molecule has 1 amide bonds. The lowest BCUT2D eigenvalue weighted by Gasteiger charge is -2.11. The van der Waals surface area contributed by atoms with Crippen molar-refractivity contribution in [2.24, 2.45) is 5.10 Å². The second-order valence-corrected chi connectivity index (χ2v) is 7.59. The minimum atomic E-state index is -0.400. The van der Waals surface area contributed by atoms with Gasteiger partial charge in [-0.2, -0.15) is 5.10 Å². The SMILES string of the molecule is CCOc1ccc(-n2c(C)cc(C=NNC(=O)COc3ccc(Cl)cc3Cl)c2C)cc1. The van der Waals surface area contributed by atoms with Crippen molar-refractivity contribution in [3.63, 3.8) is 0 Å². The van der Waals surface area contributed by atoms with Gasteiger partial charge in [-0.3, -0.25) is 4.79 Å². The number of halogens is 2. The summed E-state index contributed by atoms with van der Waals surface area (Å²) in [7, 11) is 0. The van der Waals surface area contributed by atoms with Gasteiger partial charge in [0.2, 0.25) is 0 Å². The third-order valence-electron chi connectivity index (χ3n) is 4.52. The molecule has 31 heavy (non-hydrogen) atoms. The van der Waals surface area contributed by atoms with Crippen molar-refractivity contribution >= 4 is 35.3 Å². The van der Waals surface area contributed by atoms with E-state index in [0.717, 1.165) is 28.4 Å². The van der Waals surface area contributed by atoms with Crippen LogP contribution in [-0.2, 0) is 4.79 Å². The van der Waals surface area contributed by atoms with Gasteiger partial charge in [-0.25, -0.2) is 5.43 Å². The van der Waals surface area contributed by atoms with Crippen molar-refractivity contribution in [2.45, 2.75) is 20.8 Å². The number of benzene rings is 2. The number of aromatic nitrogens is 1. The van der Waals surface area contributed by atoms with Crippen LogP contribution in [-0.4, -0.2) is 29.9 Å². The quantitative estimate of drug-likeness (QED) is 0.365. The van der Waals surface area contributed by atoms with Crippen LogP contribution < -0.4 is 14.9 Å². The van der Waals surface area contributed by atoms with Gasteiger partial charge in [-0.15, -0.1) is 0 Å². The number of nitrogens with zero attached hydrogens (tertiary/aromatic N) is 2. The van der Waals surface area contributed by atoms with Crippen LogP contribution in [0.2, 0.25) is 10.0 Å². The largest absolute Gasteiger partial charge is 0.494 e. The van der Waals surface area contributed by atoms with E-state index < -0.39 is 5.91 Å². The lowest BCUT2D eigenvalue weighted by molar-refractivity contribution is -0.123. The molecule has 0 bridgehead atoms. The Hall–Kier alpha value is -2.96. The Bertz CT molecular complexity index is 1090.